The predicted molar refractivity (Wildman–Crippen MR) is 108 cm³/mol. The zero-order chi connectivity index (χ0) is 21.1. The zero-order valence-corrected chi connectivity index (χ0v) is 17.2. The van der Waals surface area contributed by atoms with Gasteiger partial charge in [0, 0.05) is 19.3 Å². The molecular formula is C21H25ClN2O5. The van der Waals surface area contributed by atoms with Crippen LogP contribution in [0.3, 0.4) is 0 Å². The first-order chi connectivity index (χ1) is 13.9. The summed E-state index contributed by atoms with van der Waals surface area (Å²) in [7, 11) is 3.06. The van der Waals surface area contributed by atoms with Crippen LogP contribution in [-0.2, 0) is 19.9 Å². The third-order valence-electron chi connectivity index (χ3n) is 5.67. The summed E-state index contributed by atoms with van der Waals surface area (Å²) in [6.07, 6.45) is 7.92. The maximum atomic E-state index is 12.9. The van der Waals surface area contributed by atoms with Gasteiger partial charge in [-0.1, -0.05) is 36.9 Å². The van der Waals surface area contributed by atoms with Crippen LogP contribution in [0.2, 0.25) is 0 Å². The van der Waals surface area contributed by atoms with E-state index in [1.807, 2.05) is 0 Å². The average Bonchev–Trinajstić information content (AvgIpc) is 2.74. The van der Waals surface area contributed by atoms with E-state index in [9.17, 15) is 14.7 Å². The number of rotatable bonds is 6. The van der Waals surface area contributed by atoms with Gasteiger partial charge in [0.15, 0.2) is 5.60 Å². The van der Waals surface area contributed by atoms with E-state index in [0.29, 0.717) is 23.6 Å². The van der Waals surface area contributed by atoms with E-state index in [0.717, 1.165) is 19.3 Å². The molecule has 156 valence electrons. The SMILES string of the molecule is COC1C=C(Cl)C=CC1(OC)c1cccc(C(=O)NC2(C(=O)O)CCCCC2)n1. The normalized spacial score (nSPS) is 25.9. The first-order valence-corrected chi connectivity index (χ1v) is 9.92. The van der Waals surface area contributed by atoms with Gasteiger partial charge >= 0.3 is 5.97 Å². The van der Waals surface area contributed by atoms with Gasteiger partial charge in [-0.2, -0.15) is 0 Å². The van der Waals surface area contributed by atoms with Gasteiger partial charge in [0.2, 0.25) is 0 Å². The molecule has 1 aromatic rings. The van der Waals surface area contributed by atoms with Crippen LogP contribution in [-0.4, -0.2) is 47.8 Å². The molecule has 0 aromatic carbocycles. The van der Waals surface area contributed by atoms with Crippen LogP contribution in [0, 0.1) is 0 Å². The van der Waals surface area contributed by atoms with Crippen molar-refractivity contribution in [2.45, 2.75) is 49.3 Å². The Morgan fingerprint density at radius 1 is 1.24 bits per heavy atom. The first-order valence-electron chi connectivity index (χ1n) is 9.55. The van der Waals surface area contributed by atoms with Gasteiger partial charge in [0.1, 0.15) is 17.3 Å². The lowest BCUT2D eigenvalue weighted by Crippen LogP contribution is -2.55. The van der Waals surface area contributed by atoms with Gasteiger partial charge in [-0.05, 0) is 43.2 Å². The standard InChI is InChI=1S/C21H25ClN2O5/c1-28-17-13-14(22)9-12-21(17,29-2)16-8-6-7-15(23-16)18(25)24-20(19(26)27)10-4-3-5-11-20/h6-9,12-13,17H,3-5,10-11H2,1-2H3,(H,24,25)(H,26,27). The van der Waals surface area contributed by atoms with Crippen molar-refractivity contribution in [1.29, 1.82) is 0 Å². The minimum atomic E-state index is -1.25. The highest BCUT2D eigenvalue weighted by molar-refractivity contribution is 6.31. The Morgan fingerprint density at radius 3 is 2.59 bits per heavy atom. The molecule has 0 saturated heterocycles. The van der Waals surface area contributed by atoms with Crippen molar-refractivity contribution >= 4 is 23.5 Å². The lowest BCUT2D eigenvalue weighted by atomic mass is 9.81. The average molecular weight is 421 g/mol. The highest BCUT2D eigenvalue weighted by Gasteiger charge is 2.43. The molecule has 2 atom stereocenters. The Bertz CT molecular complexity index is 847. The molecule has 0 bridgehead atoms. The summed E-state index contributed by atoms with van der Waals surface area (Å²) >= 11 is 6.10. The molecule has 1 fully saturated rings. The number of hydrogen-bond donors (Lipinski definition) is 2. The van der Waals surface area contributed by atoms with E-state index < -0.39 is 29.1 Å². The van der Waals surface area contributed by atoms with E-state index in [2.05, 4.69) is 10.3 Å². The van der Waals surface area contributed by atoms with E-state index in [1.165, 1.54) is 14.2 Å². The van der Waals surface area contributed by atoms with Gasteiger partial charge < -0.3 is 19.9 Å². The van der Waals surface area contributed by atoms with Gasteiger partial charge in [0.25, 0.3) is 5.91 Å². The lowest BCUT2D eigenvalue weighted by Gasteiger charge is -2.36. The van der Waals surface area contributed by atoms with Gasteiger partial charge in [-0.25, -0.2) is 9.78 Å². The molecule has 1 aromatic heterocycles. The number of amides is 1. The highest BCUT2D eigenvalue weighted by atomic mass is 35.5. The number of nitrogens with zero attached hydrogens (tertiary/aromatic N) is 1. The number of carboxylic acids is 1. The highest BCUT2D eigenvalue weighted by Crippen LogP contribution is 2.37. The van der Waals surface area contributed by atoms with Crippen molar-refractivity contribution < 1.29 is 24.2 Å². The number of allylic oxidation sites excluding steroid dienone is 2. The third-order valence-corrected chi connectivity index (χ3v) is 5.92. The summed E-state index contributed by atoms with van der Waals surface area (Å²) in [5, 5.41) is 12.9. The zero-order valence-electron chi connectivity index (χ0n) is 16.5. The summed E-state index contributed by atoms with van der Waals surface area (Å²) < 4.78 is 11.3. The Morgan fingerprint density at radius 2 is 1.97 bits per heavy atom. The van der Waals surface area contributed by atoms with Crippen molar-refractivity contribution in [1.82, 2.24) is 10.3 Å². The molecule has 2 unspecified atom stereocenters. The van der Waals surface area contributed by atoms with E-state index >= 15 is 0 Å². The fraction of sp³-hybridized carbons (Fsp3) is 0.476. The van der Waals surface area contributed by atoms with Crippen LogP contribution in [0.4, 0.5) is 0 Å². The van der Waals surface area contributed by atoms with E-state index in [1.54, 1.807) is 36.4 Å². The van der Waals surface area contributed by atoms with Crippen LogP contribution in [0.15, 0.2) is 41.5 Å². The second-order valence-electron chi connectivity index (χ2n) is 7.35. The number of aromatic nitrogens is 1. The fourth-order valence-electron chi connectivity index (χ4n) is 3.99. The maximum Gasteiger partial charge on any atom is 0.329 e. The van der Waals surface area contributed by atoms with Crippen LogP contribution in [0.5, 0.6) is 0 Å². The summed E-state index contributed by atoms with van der Waals surface area (Å²) in [6.45, 7) is 0. The number of aliphatic carboxylic acids is 1. The van der Waals surface area contributed by atoms with Crippen molar-refractivity contribution in [3.05, 3.63) is 52.8 Å². The third kappa shape index (κ3) is 4.08. The number of pyridine rings is 1. The number of nitrogens with one attached hydrogen (secondary N) is 1. The minimum absolute atomic E-state index is 0.119. The smallest absolute Gasteiger partial charge is 0.329 e. The fourth-order valence-corrected chi connectivity index (χ4v) is 4.17. The number of hydrogen-bond acceptors (Lipinski definition) is 5. The Balaban J connectivity index is 1.92. The number of carbonyl (C=O) groups excluding carboxylic acids is 1. The predicted octanol–water partition coefficient (Wildman–Crippen LogP) is 3.15. The number of carbonyl (C=O) groups is 2. The lowest BCUT2D eigenvalue weighted by molar-refractivity contribution is -0.145. The molecule has 7 nitrogen and oxygen atoms in total. The molecule has 29 heavy (non-hydrogen) atoms. The summed E-state index contributed by atoms with van der Waals surface area (Å²) in [5.41, 5.74) is -1.72. The molecule has 8 heteroatoms. The number of methoxy groups -OCH3 is 2. The van der Waals surface area contributed by atoms with Gasteiger partial charge in [-0.3, -0.25) is 4.79 Å². The monoisotopic (exact) mass is 420 g/mol. The second-order valence-corrected chi connectivity index (χ2v) is 7.78. The molecule has 2 N–H and O–H groups in total. The van der Waals surface area contributed by atoms with Crippen molar-refractivity contribution in [3.63, 3.8) is 0 Å². The molecular weight excluding hydrogens is 396 g/mol. The molecule has 0 aliphatic heterocycles. The number of carboxylic acid groups (broad SMARTS) is 1. The molecule has 0 spiro atoms. The maximum absolute atomic E-state index is 12.9. The van der Waals surface area contributed by atoms with Crippen LogP contribution < -0.4 is 5.32 Å². The summed E-state index contributed by atoms with van der Waals surface area (Å²) in [4.78, 5) is 29.2. The number of halogens is 1. The van der Waals surface area contributed by atoms with Gasteiger partial charge in [0.05, 0.1) is 5.69 Å². The van der Waals surface area contributed by atoms with E-state index in [-0.39, 0.29) is 5.69 Å². The summed E-state index contributed by atoms with van der Waals surface area (Å²) in [6, 6.07) is 4.97. The Labute approximate surface area is 174 Å². The molecule has 3 rings (SSSR count). The van der Waals surface area contributed by atoms with Gasteiger partial charge in [-0.15, -0.1) is 0 Å². The molecule has 1 heterocycles. The topological polar surface area (TPSA) is 97.8 Å². The number of ether oxygens (including phenoxy) is 2. The second kappa shape index (κ2) is 8.65. The molecule has 0 radical (unpaired) electrons. The molecule has 2 aliphatic rings. The molecule has 1 amide bonds. The molecule has 2 aliphatic carbocycles. The Hall–Kier alpha value is -2.22. The van der Waals surface area contributed by atoms with E-state index in [4.69, 9.17) is 21.1 Å². The largest absolute Gasteiger partial charge is 0.480 e. The molecule has 1 saturated carbocycles. The quantitative estimate of drug-likeness (QED) is 0.733. The first kappa shape index (κ1) is 21.5. The van der Waals surface area contributed by atoms with Crippen molar-refractivity contribution in [3.8, 4) is 0 Å². The van der Waals surface area contributed by atoms with Crippen LogP contribution >= 0.6 is 11.6 Å². The van der Waals surface area contributed by atoms with Crippen LogP contribution in [0.25, 0.3) is 0 Å². The van der Waals surface area contributed by atoms with Crippen molar-refractivity contribution in [2.24, 2.45) is 0 Å². The minimum Gasteiger partial charge on any atom is -0.480 e. The Kier molecular flexibility index (Phi) is 6.41. The summed E-state index contributed by atoms with van der Waals surface area (Å²) in [5.74, 6) is -1.53. The van der Waals surface area contributed by atoms with Crippen molar-refractivity contribution in [2.75, 3.05) is 14.2 Å². The van der Waals surface area contributed by atoms with Crippen LogP contribution in [0.1, 0.15) is 48.3 Å².